The van der Waals surface area contributed by atoms with E-state index in [1.165, 1.54) is 31.4 Å². The first-order chi connectivity index (χ1) is 8.22. The van der Waals surface area contributed by atoms with Gasteiger partial charge in [0.05, 0.1) is 6.61 Å². The lowest BCUT2D eigenvalue weighted by atomic mass is 10.2. The molecule has 0 aliphatic heterocycles. The van der Waals surface area contributed by atoms with E-state index in [2.05, 4.69) is 31.2 Å². The Morgan fingerprint density at radius 2 is 1.82 bits per heavy atom. The average Bonchev–Trinajstić information content (AvgIpc) is 2.33. The second-order valence-corrected chi connectivity index (χ2v) is 5.68. The molecule has 0 saturated carbocycles. The van der Waals surface area contributed by atoms with Gasteiger partial charge >= 0.3 is 14.8 Å². The third-order valence-electron chi connectivity index (χ3n) is 1.66. The van der Waals surface area contributed by atoms with E-state index in [1.807, 2.05) is 0 Å². The van der Waals surface area contributed by atoms with Crippen molar-refractivity contribution in [2.75, 3.05) is 19.0 Å². The van der Waals surface area contributed by atoms with Crippen LogP contribution in [0, 0.1) is 0 Å². The molecule has 0 rings (SSSR count). The van der Waals surface area contributed by atoms with Crippen LogP contribution < -0.4 is 0 Å². The van der Waals surface area contributed by atoms with Gasteiger partial charge < -0.3 is 11.5 Å². The monoisotopic (exact) mass is 299 g/mol. The second kappa shape index (κ2) is 18.9. The van der Waals surface area contributed by atoms with Crippen molar-refractivity contribution in [1.82, 2.24) is 0 Å². The molecule has 0 aromatic rings. The van der Waals surface area contributed by atoms with Gasteiger partial charge in [0, 0.05) is 12.4 Å². The minimum atomic E-state index is -2.69. The lowest BCUT2D eigenvalue weighted by Gasteiger charge is -2.13. The Labute approximate surface area is 119 Å². The summed E-state index contributed by atoms with van der Waals surface area (Å²) in [5.41, 5.74) is 0. The molecule has 0 aliphatic rings. The van der Waals surface area contributed by atoms with Gasteiger partial charge in [-0.1, -0.05) is 37.0 Å². The minimum Gasteiger partial charge on any atom is -0.769 e. The maximum Gasteiger partial charge on any atom is 0.840 e. The Balaban J connectivity index is 0. The molecule has 0 N–H and O–H groups in total. The predicted octanol–water partition coefficient (Wildman–Crippen LogP) is 3.55. The van der Waals surface area contributed by atoms with Crippen molar-refractivity contribution < 1.29 is 16.4 Å². The van der Waals surface area contributed by atoms with E-state index >= 15 is 0 Å². The molecule has 0 unspecified atom stereocenters. The third-order valence-corrected chi connectivity index (χ3v) is 3.57. The molecule has 0 heterocycles. The molecule has 0 bridgehead atoms. The van der Waals surface area contributed by atoms with Gasteiger partial charge in [-0.15, -0.1) is 11.7 Å². The molecule has 104 valence electrons. The van der Waals surface area contributed by atoms with Crippen molar-refractivity contribution in [2.45, 2.75) is 46.5 Å². The van der Waals surface area contributed by atoms with Crippen molar-refractivity contribution in [1.29, 1.82) is 0 Å². The van der Waals surface area contributed by atoms with E-state index in [-0.39, 0.29) is 0 Å². The Morgan fingerprint density at radius 3 is 2.29 bits per heavy atom. The first-order valence-corrected chi connectivity index (χ1v) is 9.50. The van der Waals surface area contributed by atoms with Crippen molar-refractivity contribution >= 4 is 37.2 Å². The zero-order chi connectivity index (χ0) is 13.4. The largest absolute Gasteiger partial charge is 0.840 e. The molecule has 0 spiro atoms. The summed E-state index contributed by atoms with van der Waals surface area (Å²) in [5, 5.41) is 0. The molecule has 0 amide bonds. The molecule has 4 nitrogen and oxygen atoms in total. The van der Waals surface area contributed by atoms with Crippen LogP contribution in [0.2, 0.25) is 0 Å². The topological polar surface area (TPSA) is 44.8 Å². The van der Waals surface area contributed by atoms with Crippen molar-refractivity contribution in [3.8, 4) is 0 Å². The van der Waals surface area contributed by atoms with Crippen LogP contribution in [0.4, 0.5) is 0 Å². The van der Waals surface area contributed by atoms with Gasteiger partial charge in [0.1, 0.15) is 0 Å². The fourth-order valence-corrected chi connectivity index (χ4v) is 2.18. The zero-order valence-electron chi connectivity index (χ0n) is 11.0. The molecule has 0 fully saturated rings. The fraction of sp³-hybridized carbons (Fsp3) is 1.00. The van der Waals surface area contributed by atoms with E-state index in [0.29, 0.717) is 13.2 Å². The van der Waals surface area contributed by atoms with Crippen LogP contribution in [0.25, 0.3) is 0 Å². The molecule has 0 saturated heterocycles. The summed E-state index contributed by atoms with van der Waals surface area (Å²) < 4.78 is 19.3. The smallest absolute Gasteiger partial charge is 0.769 e. The normalized spacial score (nSPS) is 9.18. The van der Waals surface area contributed by atoms with E-state index < -0.39 is 14.8 Å². The second-order valence-electron chi connectivity index (χ2n) is 3.14. The fourth-order valence-electron chi connectivity index (χ4n) is 0.881. The summed E-state index contributed by atoms with van der Waals surface area (Å²) in [6.07, 6.45) is 5.43. The van der Waals surface area contributed by atoms with E-state index in [9.17, 15) is 3.80 Å². The standard InChI is InChI=1S/C6H14S2.C2H6O2.C2H5O.Al.O/c1-2-3-4-5-6-8-7;1-2-4-3;1-2-3;;/h7H,2-6H2,1H3;3H,2H2,1H3;2H2,1H3;;/q;;-1;+1;/p-1. The first kappa shape index (κ1) is 19.9. The lowest BCUT2D eigenvalue weighted by molar-refractivity contribution is -0.224. The summed E-state index contributed by atoms with van der Waals surface area (Å²) in [6.45, 7) is 6.50. The predicted molar refractivity (Wildman–Crippen MR) is 76.4 cm³/mol. The van der Waals surface area contributed by atoms with E-state index in [1.54, 1.807) is 24.6 Å². The zero-order valence-corrected chi connectivity index (χ0v) is 13.9. The number of unbranched alkanes of at least 4 members (excludes halogenated alkanes) is 3. The Kier molecular flexibility index (Phi) is 22.2. The van der Waals surface area contributed by atoms with Gasteiger partial charge in [0.2, 0.25) is 0 Å². The van der Waals surface area contributed by atoms with Crippen molar-refractivity contribution in [2.24, 2.45) is 0 Å². The van der Waals surface area contributed by atoms with Crippen LogP contribution in [0.3, 0.4) is 0 Å². The maximum atomic E-state index is 10.5. The maximum absolute atomic E-state index is 10.5. The average molecular weight is 299 g/mol. The van der Waals surface area contributed by atoms with Crippen LogP contribution in [0.15, 0.2) is 0 Å². The van der Waals surface area contributed by atoms with Crippen LogP contribution in [-0.4, -0.2) is 33.7 Å². The van der Waals surface area contributed by atoms with Crippen LogP contribution in [0.5, 0.6) is 0 Å². The van der Waals surface area contributed by atoms with Gasteiger partial charge in [-0.25, -0.2) is 0 Å². The number of rotatable bonds is 10. The number of thiol groups is 1. The Morgan fingerprint density at radius 1 is 1.12 bits per heavy atom. The van der Waals surface area contributed by atoms with Gasteiger partial charge in [0.25, 0.3) is 0 Å². The minimum absolute atomic E-state index is 0.388. The summed E-state index contributed by atoms with van der Waals surface area (Å²) in [5.74, 6) is 1.21. The van der Waals surface area contributed by atoms with Gasteiger partial charge in [-0.2, -0.15) is 0 Å². The van der Waals surface area contributed by atoms with Crippen LogP contribution in [-0.2, 0) is 16.4 Å². The number of hydrogen-bond acceptors (Lipinski definition) is 6. The molecule has 7 heteroatoms. The van der Waals surface area contributed by atoms with Gasteiger partial charge in [-0.3, -0.25) is 4.89 Å². The van der Waals surface area contributed by atoms with Gasteiger partial charge in [-0.05, 0) is 20.3 Å². The molecule has 0 aromatic heterocycles. The highest BCUT2D eigenvalue weighted by molar-refractivity contribution is 8.68. The van der Waals surface area contributed by atoms with Crippen LogP contribution in [0.1, 0.15) is 46.5 Å². The van der Waals surface area contributed by atoms with E-state index in [4.69, 9.17) is 0 Å². The van der Waals surface area contributed by atoms with Crippen molar-refractivity contribution in [3.63, 3.8) is 0 Å². The SMILES string of the molecule is CCCCCCSS.CCO[O][Al-](=[O])[O]CC. The number of hydrogen-bond donors (Lipinski definition) is 1. The Bertz CT molecular complexity index is 155. The highest BCUT2D eigenvalue weighted by Gasteiger charge is 2.01. The van der Waals surface area contributed by atoms with Crippen molar-refractivity contribution in [3.05, 3.63) is 0 Å². The molecule has 0 atom stereocenters. The molecular weight excluding hydrogens is 275 g/mol. The van der Waals surface area contributed by atoms with Crippen LogP contribution >= 0.6 is 22.5 Å². The summed E-state index contributed by atoms with van der Waals surface area (Å²) in [4.78, 5) is 4.37. The van der Waals surface area contributed by atoms with Gasteiger partial charge in [0.15, 0.2) is 0 Å². The lowest BCUT2D eigenvalue weighted by Crippen LogP contribution is -2.12. The quantitative estimate of drug-likeness (QED) is 0.167. The first-order valence-electron chi connectivity index (χ1n) is 6.04. The molecule has 0 aliphatic carbocycles. The third kappa shape index (κ3) is 22.3. The Hall–Kier alpha value is 0.592. The molecule has 0 radical (unpaired) electrons. The highest BCUT2D eigenvalue weighted by atomic mass is 33.1. The van der Waals surface area contributed by atoms with E-state index in [0.717, 1.165) is 0 Å². The summed E-state index contributed by atoms with van der Waals surface area (Å²) >= 11 is 1.35. The highest BCUT2D eigenvalue weighted by Crippen LogP contribution is 2.09. The molecule has 17 heavy (non-hydrogen) atoms. The molecule has 0 aromatic carbocycles. The summed E-state index contributed by atoms with van der Waals surface area (Å²) in [7, 11) is 1.65. The summed E-state index contributed by atoms with van der Waals surface area (Å²) in [6, 6.07) is 0. The molecular formula is C10H24AlO4S2-.